The van der Waals surface area contributed by atoms with Gasteiger partial charge in [0, 0.05) is 64.5 Å². The molecule has 2 atom stereocenters. The van der Waals surface area contributed by atoms with Crippen LogP contribution in [0.25, 0.3) is 121 Å². The molecule has 14 rings (SSSR count). The Morgan fingerprint density at radius 2 is 1.17 bits per heavy atom. The van der Waals surface area contributed by atoms with Gasteiger partial charge in [-0.15, -0.1) is 11.3 Å². The van der Waals surface area contributed by atoms with E-state index in [-0.39, 0.29) is 0 Å². The molecule has 2 aliphatic rings. The van der Waals surface area contributed by atoms with Gasteiger partial charge in [0.2, 0.25) is 5.95 Å². The maximum atomic E-state index is 6.60. The number of thiophene rings is 1. The van der Waals surface area contributed by atoms with Crippen LogP contribution in [0.15, 0.2) is 192 Å². The predicted molar refractivity (Wildman–Crippen MR) is 264 cm³/mol. The van der Waals surface area contributed by atoms with Gasteiger partial charge in [-0.1, -0.05) is 140 Å². The van der Waals surface area contributed by atoms with Gasteiger partial charge in [-0.2, -0.15) is 9.97 Å². The second-order valence-corrected chi connectivity index (χ2v) is 18.2. The minimum absolute atomic E-state index is 0.488. The van der Waals surface area contributed by atoms with Crippen LogP contribution in [0.4, 0.5) is 0 Å². The molecule has 5 nitrogen and oxygen atoms in total. The van der Waals surface area contributed by atoms with Gasteiger partial charge in [-0.05, 0) is 94.8 Å². The van der Waals surface area contributed by atoms with Crippen molar-refractivity contribution in [1.82, 2.24) is 19.5 Å². The second kappa shape index (κ2) is 13.8. The third-order valence-corrected chi connectivity index (χ3v) is 14.5. The summed E-state index contributed by atoms with van der Waals surface area (Å²) in [6, 6.07) is 65.2. The molecule has 0 aliphatic heterocycles. The van der Waals surface area contributed by atoms with Crippen molar-refractivity contribution in [2.75, 3.05) is 0 Å². The summed E-state index contributed by atoms with van der Waals surface area (Å²) in [5.41, 5.74) is 12.8. The standard InChI is InChI=1S/C58H36N4OS/c1-3-12-34(13-4-1)41-31-46(38-17-11-16-36(28-38)37-24-27-53-48(29-37)44-19-8-10-21-52(44)64-53)54-49(32-41)42-18-7-9-20-50(42)62(54)58-60-56(35-14-5-2-6-15-35)59-57(61-58)40-23-25-43-45-26-22-39-30-47(39)55(45)63-51(43)33-40/h1-29,31-33,39,47H,30H2. The molecular formula is C58H36N4OS. The normalized spacial score (nSPS) is 15.4. The number of furan rings is 1. The zero-order valence-corrected chi connectivity index (χ0v) is 35.3. The summed E-state index contributed by atoms with van der Waals surface area (Å²) in [6.07, 6.45) is 5.74. The summed E-state index contributed by atoms with van der Waals surface area (Å²) < 4.78 is 11.5. The van der Waals surface area contributed by atoms with E-state index in [9.17, 15) is 0 Å². The lowest BCUT2D eigenvalue weighted by Crippen LogP contribution is -2.07. The molecule has 0 N–H and O–H groups in total. The fourth-order valence-corrected chi connectivity index (χ4v) is 11.2. The molecule has 0 saturated heterocycles. The fraction of sp³-hybridized carbons (Fsp3) is 0.0517. The molecule has 4 heterocycles. The van der Waals surface area contributed by atoms with Gasteiger partial charge in [0.1, 0.15) is 11.3 Å². The lowest BCUT2D eigenvalue weighted by molar-refractivity contribution is 0.545. The molecule has 6 heteroatoms. The van der Waals surface area contributed by atoms with Crippen molar-refractivity contribution in [3.8, 4) is 62.1 Å². The average Bonchev–Trinajstić information content (AvgIpc) is 3.77. The van der Waals surface area contributed by atoms with E-state index in [1.165, 1.54) is 31.3 Å². The van der Waals surface area contributed by atoms with Gasteiger partial charge in [0.15, 0.2) is 11.6 Å². The predicted octanol–water partition coefficient (Wildman–Crippen LogP) is 15.5. The van der Waals surface area contributed by atoms with E-state index in [4.69, 9.17) is 19.4 Å². The molecule has 0 amide bonds. The number of nitrogens with zero attached hydrogens (tertiary/aromatic N) is 4. The van der Waals surface area contributed by atoms with E-state index in [1.54, 1.807) is 0 Å². The molecule has 0 bridgehead atoms. The van der Waals surface area contributed by atoms with Gasteiger partial charge in [0.25, 0.3) is 0 Å². The summed E-state index contributed by atoms with van der Waals surface area (Å²) >= 11 is 1.85. The quantitative estimate of drug-likeness (QED) is 0.167. The molecule has 0 spiro atoms. The van der Waals surface area contributed by atoms with Crippen LogP contribution in [0.5, 0.6) is 0 Å². The highest BCUT2D eigenvalue weighted by atomic mass is 32.1. The van der Waals surface area contributed by atoms with Crippen LogP contribution in [-0.4, -0.2) is 19.5 Å². The maximum absolute atomic E-state index is 6.60. The fourth-order valence-electron chi connectivity index (χ4n) is 10.1. The van der Waals surface area contributed by atoms with Crippen molar-refractivity contribution in [3.05, 3.63) is 199 Å². The van der Waals surface area contributed by atoms with Crippen molar-refractivity contribution < 1.29 is 4.42 Å². The minimum atomic E-state index is 0.488. The third kappa shape index (κ3) is 5.59. The van der Waals surface area contributed by atoms with E-state index in [1.807, 2.05) is 29.5 Å². The lowest BCUT2D eigenvalue weighted by atomic mass is 9.93. The van der Waals surface area contributed by atoms with E-state index in [0.29, 0.717) is 29.4 Å². The smallest absolute Gasteiger partial charge is 0.238 e. The van der Waals surface area contributed by atoms with Crippen LogP contribution in [-0.2, 0) is 0 Å². The average molecular weight is 837 g/mol. The Kier molecular flexibility index (Phi) is 7.68. The molecule has 1 fully saturated rings. The number of benzene rings is 8. The molecule has 300 valence electrons. The van der Waals surface area contributed by atoms with Crippen LogP contribution >= 0.6 is 11.3 Å². The van der Waals surface area contributed by atoms with Crippen molar-refractivity contribution in [1.29, 1.82) is 0 Å². The van der Waals surface area contributed by atoms with Crippen molar-refractivity contribution in [2.45, 2.75) is 12.3 Å². The Morgan fingerprint density at radius 3 is 2.05 bits per heavy atom. The first-order chi connectivity index (χ1) is 31.7. The minimum Gasteiger partial charge on any atom is -0.460 e. The second-order valence-electron chi connectivity index (χ2n) is 17.1. The van der Waals surface area contributed by atoms with Gasteiger partial charge < -0.3 is 4.42 Å². The van der Waals surface area contributed by atoms with Crippen molar-refractivity contribution >= 4 is 70.4 Å². The summed E-state index contributed by atoms with van der Waals surface area (Å²) in [4.78, 5) is 15.9. The lowest BCUT2D eigenvalue weighted by Gasteiger charge is -2.15. The third-order valence-electron chi connectivity index (χ3n) is 13.3. The van der Waals surface area contributed by atoms with Crippen LogP contribution in [0.3, 0.4) is 0 Å². The first-order valence-electron chi connectivity index (χ1n) is 21.9. The number of fused-ring (bicyclic) bond motifs is 11. The van der Waals surface area contributed by atoms with E-state index in [2.05, 4.69) is 181 Å². The van der Waals surface area contributed by atoms with Crippen molar-refractivity contribution in [2.24, 2.45) is 5.92 Å². The molecule has 2 unspecified atom stereocenters. The SMILES string of the molecule is C1=CC2CC2c2oc3cc(-c4nc(-c5ccccc5)nc(-n5c6ccccc6c6cc(-c7ccccc7)cc(-c7cccc(-c8ccc9sc%10ccccc%10c9c8)c7)c65)n4)ccc3c21. The zero-order chi connectivity index (χ0) is 41.9. The number of para-hydroxylation sites is 1. The van der Waals surface area contributed by atoms with Crippen LogP contribution in [0.2, 0.25) is 0 Å². The Hall–Kier alpha value is -7.93. The summed E-state index contributed by atoms with van der Waals surface area (Å²) in [6.45, 7) is 0. The molecule has 0 radical (unpaired) electrons. The van der Waals surface area contributed by atoms with Gasteiger partial charge >= 0.3 is 0 Å². The summed E-state index contributed by atoms with van der Waals surface area (Å²) in [5.74, 6) is 3.95. The maximum Gasteiger partial charge on any atom is 0.238 e. The highest BCUT2D eigenvalue weighted by molar-refractivity contribution is 7.25. The van der Waals surface area contributed by atoms with Gasteiger partial charge in [-0.3, -0.25) is 4.57 Å². The Morgan fingerprint density at radius 1 is 0.484 bits per heavy atom. The van der Waals surface area contributed by atoms with Crippen molar-refractivity contribution in [3.63, 3.8) is 0 Å². The number of hydrogen-bond acceptors (Lipinski definition) is 5. The van der Waals surface area contributed by atoms with E-state index >= 15 is 0 Å². The Labute approximate surface area is 372 Å². The Bertz CT molecular complexity index is 3900. The topological polar surface area (TPSA) is 56.7 Å². The highest BCUT2D eigenvalue weighted by Gasteiger charge is 2.43. The monoisotopic (exact) mass is 836 g/mol. The molecule has 4 aromatic heterocycles. The molecule has 8 aromatic carbocycles. The summed E-state index contributed by atoms with van der Waals surface area (Å²) in [5, 5.41) is 5.97. The molecule has 1 saturated carbocycles. The molecule has 64 heavy (non-hydrogen) atoms. The Balaban J connectivity index is 1.02. The van der Waals surface area contributed by atoms with Gasteiger partial charge in [0.05, 0.1) is 11.0 Å². The molecule has 2 aliphatic carbocycles. The zero-order valence-electron chi connectivity index (χ0n) is 34.4. The number of rotatable bonds is 6. The first-order valence-corrected chi connectivity index (χ1v) is 22.7. The van der Waals surface area contributed by atoms with E-state index in [0.717, 1.165) is 83.9 Å². The van der Waals surface area contributed by atoms with Crippen LogP contribution < -0.4 is 0 Å². The summed E-state index contributed by atoms with van der Waals surface area (Å²) in [7, 11) is 0. The van der Waals surface area contributed by atoms with Gasteiger partial charge in [-0.25, -0.2) is 4.98 Å². The molecule has 12 aromatic rings. The number of allylic oxidation sites excluding steroid dienone is 1. The van der Waals surface area contributed by atoms with Crippen LogP contribution in [0, 0.1) is 5.92 Å². The highest BCUT2D eigenvalue weighted by Crippen LogP contribution is 2.55. The van der Waals surface area contributed by atoms with Crippen LogP contribution in [0.1, 0.15) is 23.7 Å². The number of aromatic nitrogens is 4. The molecular weight excluding hydrogens is 801 g/mol. The largest absolute Gasteiger partial charge is 0.460 e. The first kappa shape index (κ1) is 35.6. The number of hydrogen-bond donors (Lipinski definition) is 0. The van der Waals surface area contributed by atoms with E-state index < -0.39 is 0 Å².